The zero-order chi connectivity index (χ0) is 15.0. The van der Waals surface area contributed by atoms with Gasteiger partial charge in [0.1, 0.15) is 5.76 Å². The number of ketones is 1. The molecule has 0 aliphatic heterocycles. The van der Waals surface area contributed by atoms with Crippen LogP contribution in [-0.2, 0) is 14.3 Å². The first-order valence-electron chi connectivity index (χ1n) is 5.90. The van der Waals surface area contributed by atoms with Gasteiger partial charge in [-0.1, -0.05) is 12.6 Å². The SMILES string of the molecule is C=C(CC(=O)C(=C=N)[n+]1ccccc1)OC(=O)OCC. The van der Waals surface area contributed by atoms with Crippen LogP contribution in [-0.4, -0.2) is 24.4 Å². The van der Waals surface area contributed by atoms with E-state index in [0.717, 1.165) is 0 Å². The lowest BCUT2D eigenvalue weighted by atomic mass is 10.2. The summed E-state index contributed by atoms with van der Waals surface area (Å²) in [5.74, 6) is 1.59. The molecule has 0 amide bonds. The van der Waals surface area contributed by atoms with Crippen LogP contribution in [0.2, 0.25) is 0 Å². The molecule has 1 aromatic rings. The van der Waals surface area contributed by atoms with Crippen LogP contribution in [0.1, 0.15) is 13.3 Å². The molecule has 0 bridgehead atoms. The molecule has 20 heavy (non-hydrogen) atoms. The average molecular weight is 275 g/mol. The van der Waals surface area contributed by atoms with Gasteiger partial charge < -0.3 is 9.47 Å². The van der Waals surface area contributed by atoms with Gasteiger partial charge in [-0.15, -0.1) is 0 Å². The summed E-state index contributed by atoms with van der Waals surface area (Å²) in [4.78, 5) is 23.1. The Labute approximate surface area is 116 Å². The van der Waals surface area contributed by atoms with Crippen molar-refractivity contribution in [1.82, 2.24) is 0 Å². The summed E-state index contributed by atoms with van der Waals surface area (Å²) in [6, 6.07) is 5.22. The first kappa shape index (κ1) is 15.3. The number of allylic oxidation sites excluding steroid dienone is 2. The number of aromatic nitrogens is 1. The second-order valence-electron chi connectivity index (χ2n) is 3.68. The minimum Gasteiger partial charge on any atom is -0.434 e. The maximum Gasteiger partial charge on any atom is 0.513 e. The number of pyridine rings is 1. The Hall–Kier alpha value is -2.72. The normalized spacial score (nSPS) is 9.25. The monoisotopic (exact) mass is 275 g/mol. The van der Waals surface area contributed by atoms with E-state index in [4.69, 9.17) is 10.1 Å². The molecule has 0 saturated carbocycles. The molecule has 0 saturated heterocycles. The van der Waals surface area contributed by atoms with Gasteiger partial charge in [-0.25, -0.2) is 4.79 Å². The van der Waals surface area contributed by atoms with Gasteiger partial charge in [0, 0.05) is 12.1 Å². The Morgan fingerprint density at radius 1 is 1.30 bits per heavy atom. The van der Waals surface area contributed by atoms with Crippen molar-refractivity contribution in [3.05, 3.63) is 42.9 Å². The lowest BCUT2D eigenvalue weighted by Crippen LogP contribution is -2.36. The summed E-state index contributed by atoms with van der Waals surface area (Å²) < 4.78 is 10.7. The van der Waals surface area contributed by atoms with Gasteiger partial charge in [0.25, 0.3) is 0 Å². The Kier molecular flexibility index (Phi) is 5.87. The fraction of sp³-hybridized carbons (Fsp3) is 0.214. The Morgan fingerprint density at radius 3 is 2.50 bits per heavy atom. The molecule has 1 rings (SSSR count). The average Bonchev–Trinajstić information content (AvgIpc) is 2.40. The summed E-state index contributed by atoms with van der Waals surface area (Å²) in [7, 11) is 0. The van der Waals surface area contributed by atoms with E-state index in [2.05, 4.69) is 17.2 Å². The van der Waals surface area contributed by atoms with Crippen LogP contribution in [0.15, 0.2) is 42.9 Å². The number of nitrogens with zero attached hydrogens (tertiary/aromatic N) is 1. The van der Waals surface area contributed by atoms with Crippen LogP contribution < -0.4 is 4.57 Å². The van der Waals surface area contributed by atoms with Crippen molar-refractivity contribution in [2.45, 2.75) is 13.3 Å². The van der Waals surface area contributed by atoms with E-state index >= 15 is 0 Å². The predicted molar refractivity (Wildman–Crippen MR) is 70.9 cm³/mol. The van der Waals surface area contributed by atoms with E-state index < -0.39 is 11.9 Å². The highest BCUT2D eigenvalue weighted by molar-refractivity contribution is 6.20. The molecule has 0 fully saturated rings. The minimum absolute atomic E-state index is 0.0270. The number of hydrogen-bond donors (Lipinski definition) is 1. The second-order valence-corrected chi connectivity index (χ2v) is 3.68. The van der Waals surface area contributed by atoms with E-state index in [9.17, 15) is 9.59 Å². The third kappa shape index (κ3) is 4.51. The van der Waals surface area contributed by atoms with Crippen LogP contribution in [0.25, 0.3) is 5.70 Å². The third-order valence-electron chi connectivity index (χ3n) is 2.20. The van der Waals surface area contributed by atoms with E-state index in [1.54, 1.807) is 37.5 Å². The molecule has 6 heteroatoms. The molecule has 0 aliphatic rings. The minimum atomic E-state index is -0.905. The largest absolute Gasteiger partial charge is 0.513 e. The maximum atomic E-state index is 12.0. The van der Waals surface area contributed by atoms with Crippen LogP contribution in [0.5, 0.6) is 0 Å². The van der Waals surface area contributed by atoms with Gasteiger partial charge in [0.15, 0.2) is 12.4 Å². The van der Waals surface area contributed by atoms with Crippen LogP contribution >= 0.6 is 0 Å². The highest BCUT2D eigenvalue weighted by Crippen LogP contribution is 2.07. The number of nitrogens with one attached hydrogen (secondary N) is 1. The van der Waals surface area contributed by atoms with Crippen molar-refractivity contribution in [1.29, 1.82) is 5.41 Å². The zero-order valence-electron chi connectivity index (χ0n) is 11.1. The van der Waals surface area contributed by atoms with Gasteiger partial charge in [-0.2, -0.15) is 4.57 Å². The standard InChI is InChI=1S/C14H15N2O4/c1-3-19-14(18)20-11(2)9-13(17)12(10-15)16-7-5-4-6-8-16/h4-8,15H,2-3,9H2,1H3/q+1. The summed E-state index contributed by atoms with van der Waals surface area (Å²) in [5.41, 5.74) is 0.0270. The van der Waals surface area contributed by atoms with Crippen LogP contribution in [0.4, 0.5) is 4.79 Å². The summed E-state index contributed by atoms with van der Waals surface area (Å²) in [6.07, 6.45) is 2.09. The van der Waals surface area contributed by atoms with E-state index in [-0.39, 0.29) is 24.5 Å². The van der Waals surface area contributed by atoms with Gasteiger partial charge in [-0.05, 0) is 6.92 Å². The number of carbonyl (C=O) groups is 2. The van der Waals surface area contributed by atoms with Crippen molar-refractivity contribution in [3.63, 3.8) is 0 Å². The van der Waals surface area contributed by atoms with E-state index in [1.807, 2.05) is 0 Å². The highest BCUT2D eigenvalue weighted by Gasteiger charge is 2.22. The number of rotatable bonds is 6. The molecular weight excluding hydrogens is 260 g/mol. The third-order valence-corrected chi connectivity index (χ3v) is 2.20. The Bertz CT molecular complexity index is 560. The maximum absolute atomic E-state index is 12.0. The van der Waals surface area contributed by atoms with Gasteiger partial charge in [-0.3, -0.25) is 10.2 Å². The van der Waals surface area contributed by atoms with Crippen molar-refractivity contribution in [2.75, 3.05) is 6.61 Å². The number of hydrogen-bond acceptors (Lipinski definition) is 5. The van der Waals surface area contributed by atoms with Gasteiger partial charge in [0.2, 0.25) is 5.78 Å². The first-order valence-corrected chi connectivity index (χ1v) is 5.90. The Balaban J connectivity index is 2.68. The first-order chi connectivity index (χ1) is 9.58. The lowest BCUT2D eigenvalue weighted by Gasteiger charge is -2.05. The van der Waals surface area contributed by atoms with Crippen molar-refractivity contribution < 1.29 is 23.6 Å². The fourth-order valence-corrected chi connectivity index (χ4v) is 1.39. The predicted octanol–water partition coefficient (Wildman–Crippen LogP) is 1.71. The summed E-state index contributed by atoms with van der Waals surface area (Å²) in [6.45, 7) is 5.28. The molecule has 0 spiro atoms. The van der Waals surface area contributed by atoms with Crippen molar-refractivity contribution in [3.8, 4) is 0 Å². The van der Waals surface area contributed by atoms with Crippen molar-refractivity contribution >= 4 is 23.5 Å². The Morgan fingerprint density at radius 2 is 1.95 bits per heavy atom. The topological polar surface area (TPSA) is 80.3 Å². The molecule has 1 N–H and O–H groups in total. The van der Waals surface area contributed by atoms with Crippen molar-refractivity contribution in [2.24, 2.45) is 0 Å². The quantitative estimate of drug-likeness (QED) is 0.282. The molecule has 0 unspecified atom stereocenters. The van der Waals surface area contributed by atoms with E-state index in [0.29, 0.717) is 0 Å². The zero-order valence-corrected chi connectivity index (χ0v) is 11.1. The molecule has 0 aliphatic carbocycles. The summed E-state index contributed by atoms with van der Waals surface area (Å²) in [5, 5.41) is 7.19. The second kappa shape index (κ2) is 7.66. The number of carbonyl (C=O) groups excluding carboxylic acids is 2. The molecule has 104 valence electrons. The number of ether oxygens (including phenoxy) is 2. The van der Waals surface area contributed by atoms with Gasteiger partial charge in [0.05, 0.1) is 18.9 Å². The highest BCUT2D eigenvalue weighted by atomic mass is 16.7. The van der Waals surface area contributed by atoms with Crippen LogP contribution in [0, 0.1) is 5.41 Å². The molecule has 1 heterocycles. The van der Waals surface area contributed by atoms with E-state index in [1.165, 1.54) is 4.57 Å². The molecule has 0 atom stereocenters. The molecular formula is C14H15N2O4+. The smallest absolute Gasteiger partial charge is 0.434 e. The fourth-order valence-electron chi connectivity index (χ4n) is 1.39. The van der Waals surface area contributed by atoms with Crippen LogP contribution in [0.3, 0.4) is 0 Å². The van der Waals surface area contributed by atoms with Gasteiger partial charge >= 0.3 is 11.9 Å². The number of Topliss-reactive ketones (excluding diaryl/α,β-unsaturated/α-hetero) is 1. The molecule has 1 aromatic heterocycles. The molecule has 0 aromatic carbocycles. The lowest BCUT2D eigenvalue weighted by molar-refractivity contribution is -0.576. The molecule has 6 nitrogen and oxygen atoms in total. The summed E-state index contributed by atoms with van der Waals surface area (Å²) >= 11 is 0. The molecule has 0 radical (unpaired) electrons.